The number of hydrogen-bond donors (Lipinski definition) is 0. The van der Waals surface area contributed by atoms with Gasteiger partial charge in [-0.1, -0.05) is 19.8 Å². The van der Waals surface area contributed by atoms with Crippen LogP contribution in [-0.4, -0.2) is 5.78 Å². The van der Waals surface area contributed by atoms with Gasteiger partial charge >= 0.3 is 0 Å². The van der Waals surface area contributed by atoms with Gasteiger partial charge in [-0.05, 0) is 106 Å². The Morgan fingerprint density at radius 2 is 1.72 bits per heavy atom. The number of fused-ring (bicyclic) bond motifs is 5. The maximum atomic E-state index is 12.3. The highest BCUT2D eigenvalue weighted by atomic mass is 16.1. The van der Waals surface area contributed by atoms with Gasteiger partial charge in [-0.3, -0.25) is 4.79 Å². The molecule has 0 amide bonds. The summed E-state index contributed by atoms with van der Waals surface area (Å²) in [4.78, 5) is 12.3. The molecule has 0 N–H and O–H groups in total. The summed E-state index contributed by atoms with van der Waals surface area (Å²) in [6, 6.07) is 2.22. The molecule has 0 radical (unpaired) electrons. The summed E-state index contributed by atoms with van der Waals surface area (Å²) in [6.07, 6.45) is 14.2. The van der Waals surface area contributed by atoms with E-state index in [2.05, 4.69) is 31.8 Å². The van der Waals surface area contributed by atoms with Crippen LogP contribution in [0.2, 0.25) is 0 Å². The summed E-state index contributed by atoms with van der Waals surface area (Å²) >= 11 is 0. The summed E-state index contributed by atoms with van der Waals surface area (Å²) in [7, 11) is 0. The largest absolute Gasteiger partial charge is 0.300 e. The summed E-state index contributed by atoms with van der Waals surface area (Å²) in [6.45, 7) is 6.91. The SMILES string of the molecule is CC(=O)[C@H]1CC[C@H]2[C@@H]3CCC4C[C@@H](C#CCCCC#N)CC[C@]4(C)[C@H]3CC[C@]12C. The molecular formula is C27H39NO. The van der Waals surface area contributed by atoms with E-state index in [1.54, 1.807) is 0 Å². The third kappa shape index (κ3) is 3.56. The molecule has 2 heteroatoms. The van der Waals surface area contributed by atoms with Crippen LogP contribution in [-0.2, 0) is 4.79 Å². The van der Waals surface area contributed by atoms with E-state index in [0.717, 1.165) is 42.9 Å². The summed E-state index contributed by atoms with van der Waals surface area (Å²) in [5.41, 5.74) is 0.778. The predicted molar refractivity (Wildman–Crippen MR) is 117 cm³/mol. The Kier molecular flexibility index (Phi) is 5.86. The molecule has 0 aromatic carbocycles. The molecule has 4 aliphatic rings. The van der Waals surface area contributed by atoms with Crippen molar-refractivity contribution in [1.29, 1.82) is 5.26 Å². The van der Waals surface area contributed by atoms with Gasteiger partial charge in [0.15, 0.2) is 0 Å². The second kappa shape index (κ2) is 8.10. The minimum absolute atomic E-state index is 0.280. The molecule has 4 aliphatic carbocycles. The molecule has 0 aliphatic heterocycles. The summed E-state index contributed by atoms with van der Waals surface area (Å²) in [5, 5.41) is 8.67. The number of hydrogen-bond acceptors (Lipinski definition) is 2. The lowest BCUT2D eigenvalue weighted by atomic mass is 9.44. The molecule has 8 atom stereocenters. The van der Waals surface area contributed by atoms with Gasteiger partial charge in [0.25, 0.3) is 0 Å². The Bertz CT molecular complexity index is 738. The minimum Gasteiger partial charge on any atom is -0.300 e. The molecule has 0 saturated heterocycles. The minimum atomic E-state index is 0.280. The number of ketones is 1. The summed E-state index contributed by atoms with van der Waals surface area (Å²) in [5.74, 6) is 11.6. The topological polar surface area (TPSA) is 40.9 Å². The zero-order valence-electron chi connectivity index (χ0n) is 18.8. The van der Waals surface area contributed by atoms with Crippen LogP contribution in [0.3, 0.4) is 0 Å². The van der Waals surface area contributed by atoms with Crippen molar-refractivity contribution in [3.05, 3.63) is 0 Å². The van der Waals surface area contributed by atoms with Crippen molar-refractivity contribution < 1.29 is 4.79 Å². The third-order valence-electron chi connectivity index (χ3n) is 10.1. The lowest BCUT2D eigenvalue weighted by Gasteiger charge is -2.61. The standard InChI is InChI=1S/C27H39NO/c1-19(29)23-11-12-24-22-10-9-21-18-20(8-6-4-5-7-17-28)13-15-26(21,2)25(22)14-16-27(23,24)3/h20-25H,4-5,7,9-16,18H2,1-3H3/t20-,21?,22-,23+,24-,25-,26-,27+/m0/s1. The Morgan fingerprint density at radius 1 is 0.966 bits per heavy atom. The van der Waals surface area contributed by atoms with Crippen LogP contribution < -0.4 is 0 Å². The monoisotopic (exact) mass is 393 g/mol. The molecule has 2 nitrogen and oxygen atoms in total. The molecule has 29 heavy (non-hydrogen) atoms. The van der Waals surface area contributed by atoms with Crippen LogP contribution in [0.4, 0.5) is 0 Å². The Hall–Kier alpha value is -1.28. The van der Waals surface area contributed by atoms with Crippen LogP contribution in [0.15, 0.2) is 0 Å². The van der Waals surface area contributed by atoms with Crippen LogP contribution in [0.25, 0.3) is 0 Å². The quantitative estimate of drug-likeness (QED) is 0.403. The van der Waals surface area contributed by atoms with Gasteiger partial charge < -0.3 is 0 Å². The fraction of sp³-hybridized carbons (Fsp3) is 0.852. The molecule has 1 unspecified atom stereocenters. The first-order chi connectivity index (χ1) is 13.9. The number of Topliss-reactive ketones (excluding diaryl/α,β-unsaturated/α-hetero) is 1. The Labute approximate surface area is 178 Å². The summed E-state index contributed by atoms with van der Waals surface area (Å²) < 4.78 is 0. The number of nitriles is 1. The van der Waals surface area contributed by atoms with Crippen molar-refractivity contribution in [2.45, 2.75) is 97.8 Å². The van der Waals surface area contributed by atoms with Gasteiger partial charge in [0.05, 0.1) is 6.07 Å². The Morgan fingerprint density at radius 3 is 2.48 bits per heavy atom. The van der Waals surface area contributed by atoms with Crippen LogP contribution >= 0.6 is 0 Å². The highest BCUT2D eigenvalue weighted by Crippen LogP contribution is 2.67. The van der Waals surface area contributed by atoms with E-state index >= 15 is 0 Å². The van der Waals surface area contributed by atoms with Crippen molar-refractivity contribution in [1.82, 2.24) is 0 Å². The van der Waals surface area contributed by atoms with Crippen molar-refractivity contribution in [3.8, 4) is 17.9 Å². The van der Waals surface area contributed by atoms with Gasteiger partial charge in [0.2, 0.25) is 0 Å². The fourth-order valence-electron chi connectivity index (χ4n) is 8.53. The van der Waals surface area contributed by atoms with Crippen LogP contribution in [0.1, 0.15) is 97.8 Å². The lowest BCUT2D eigenvalue weighted by molar-refractivity contribution is -0.134. The molecule has 158 valence electrons. The van der Waals surface area contributed by atoms with Gasteiger partial charge in [0, 0.05) is 24.7 Å². The second-order valence-electron chi connectivity index (χ2n) is 11.2. The van der Waals surface area contributed by atoms with Gasteiger partial charge in [-0.25, -0.2) is 0 Å². The maximum absolute atomic E-state index is 12.3. The Balaban J connectivity index is 1.44. The average molecular weight is 394 g/mol. The molecule has 0 bridgehead atoms. The van der Waals surface area contributed by atoms with Gasteiger partial charge in [0.1, 0.15) is 5.78 Å². The smallest absolute Gasteiger partial charge is 0.133 e. The molecule has 0 aromatic heterocycles. The number of rotatable bonds is 3. The van der Waals surface area contributed by atoms with E-state index in [1.807, 2.05) is 6.92 Å². The molecule has 0 heterocycles. The normalized spacial score (nSPS) is 45.7. The molecule has 4 rings (SSSR count). The van der Waals surface area contributed by atoms with Crippen molar-refractivity contribution >= 4 is 5.78 Å². The first-order valence-electron chi connectivity index (χ1n) is 12.3. The van der Waals surface area contributed by atoms with E-state index in [4.69, 9.17) is 5.26 Å². The van der Waals surface area contributed by atoms with E-state index < -0.39 is 0 Å². The molecule has 4 saturated carbocycles. The van der Waals surface area contributed by atoms with Gasteiger partial charge in [-0.15, -0.1) is 5.92 Å². The number of carbonyl (C=O) groups excluding carboxylic acids is 1. The first kappa shape index (κ1) is 21.0. The van der Waals surface area contributed by atoms with Crippen LogP contribution in [0, 0.1) is 69.5 Å². The van der Waals surface area contributed by atoms with Crippen molar-refractivity contribution in [3.63, 3.8) is 0 Å². The molecule has 4 fully saturated rings. The number of unbranched alkanes of at least 4 members (excludes halogenated alkanes) is 2. The van der Waals surface area contributed by atoms with Gasteiger partial charge in [-0.2, -0.15) is 5.26 Å². The average Bonchev–Trinajstić information content (AvgIpc) is 3.05. The lowest BCUT2D eigenvalue weighted by Crippen LogP contribution is -2.53. The highest BCUT2D eigenvalue weighted by Gasteiger charge is 2.60. The number of nitrogens with zero attached hydrogens (tertiary/aromatic N) is 1. The second-order valence-corrected chi connectivity index (χ2v) is 11.2. The zero-order valence-corrected chi connectivity index (χ0v) is 18.8. The first-order valence-corrected chi connectivity index (χ1v) is 12.3. The number of carbonyl (C=O) groups is 1. The molecular weight excluding hydrogens is 354 g/mol. The molecule has 0 aromatic rings. The highest BCUT2D eigenvalue weighted by molar-refractivity contribution is 5.79. The maximum Gasteiger partial charge on any atom is 0.133 e. The zero-order chi connectivity index (χ0) is 20.6. The molecule has 0 spiro atoms. The fourth-order valence-corrected chi connectivity index (χ4v) is 8.53. The van der Waals surface area contributed by atoms with Crippen LogP contribution in [0.5, 0.6) is 0 Å². The van der Waals surface area contributed by atoms with E-state index in [-0.39, 0.29) is 5.41 Å². The van der Waals surface area contributed by atoms with E-state index in [0.29, 0.717) is 29.5 Å². The van der Waals surface area contributed by atoms with Crippen molar-refractivity contribution in [2.75, 3.05) is 0 Å². The van der Waals surface area contributed by atoms with E-state index in [9.17, 15) is 4.79 Å². The third-order valence-corrected chi connectivity index (χ3v) is 10.1. The van der Waals surface area contributed by atoms with Crippen molar-refractivity contribution in [2.24, 2.45) is 46.3 Å². The van der Waals surface area contributed by atoms with E-state index in [1.165, 1.54) is 51.4 Å². The predicted octanol–water partition coefficient (Wildman–Crippen LogP) is 6.55.